The third kappa shape index (κ3) is 3.85. The molecule has 1 aromatic carbocycles. The number of nitrogens with zero attached hydrogens (tertiary/aromatic N) is 2. The summed E-state index contributed by atoms with van der Waals surface area (Å²) < 4.78 is 55.1. The molecule has 0 aliphatic heterocycles. The summed E-state index contributed by atoms with van der Waals surface area (Å²) in [6.45, 7) is 4.21. The minimum atomic E-state index is -4.61. The highest BCUT2D eigenvalue weighted by Gasteiger charge is 2.48. The number of benzene rings is 1. The third-order valence-electron chi connectivity index (χ3n) is 4.33. The summed E-state index contributed by atoms with van der Waals surface area (Å²) in [6, 6.07) is 8.40. The van der Waals surface area contributed by atoms with Gasteiger partial charge in [-0.3, -0.25) is 9.20 Å². The Morgan fingerprint density at radius 1 is 1.07 bits per heavy atom. The third-order valence-corrected chi connectivity index (χ3v) is 4.33. The topological polar surface area (TPSA) is 46.4 Å². The van der Waals surface area contributed by atoms with E-state index in [0.29, 0.717) is 16.9 Å². The van der Waals surface area contributed by atoms with E-state index < -0.39 is 29.4 Å². The molecule has 0 aliphatic carbocycles. The lowest BCUT2D eigenvalue weighted by Crippen LogP contribution is -2.53. The van der Waals surface area contributed by atoms with Gasteiger partial charge in [0.05, 0.1) is 5.52 Å². The number of amides is 1. The molecule has 3 rings (SSSR count). The zero-order valence-corrected chi connectivity index (χ0v) is 15.5. The zero-order chi connectivity index (χ0) is 20.7. The van der Waals surface area contributed by atoms with Crippen molar-refractivity contribution >= 4 is 11.4 Å². The summed E-state index contributed by atoms with van der Waals surface area (Å²) in [5.74, 6) is -1.02. The Kier molecular flexibility index (Phi) is 4.91. The van der Waals surface area contributed by atoms with Gasteiger partial charge < -0.3 is 5.32 Å². The Labute approximate surface area is 159 Å². The van der Waals surface area contributed by atoms with Gasteiger partial charge in [0.25, 0.3) is 5.91 Å². The molecule has 0 spiro atoms. The first-order valence-corrected chi connectivity index (χ1v) is 8.59. The highest BCUT2D eigenvalue weighted by atomic mass is 19.4. The molecule has 0 saturated heterocycles. The fourth-order valence-electron chi connectivity index (χ4n) is 3.00. The van der Waals surface area contributed by atoms with Gasteiger partial charge >= 0.3 is 6.18 Å². The maximum atomic E-state index is 13.4. The van der Waals surface area contributed by atoms with E-state index in [1.807, 2.05) is 0 Å². The van der Waals surface area contributed by atoms with Crippen LogP contribution in [0.2, 0.25) is 0 Å². The number of fused-ring (bicyclic) bond motifs is 1. The van der Waals surface area contributed by atoms with Crippen molar-refractivity contribution in [1.82, 2.24) is 14.7 Å². The van der Waals surface area contributed by atoms with E-state index in [4.69, 9.17) is 0 Å². The molecule has 1 atom stereocenters. The largest absolute Gasteiger partial charge is 0.409 e. The first-order chi connectivity index (χ1) is 13.0. The van der Waals surface area contributed by atoms with Crippen molar-refractivity contribution in [2.75, 3.05) is 0 Å². The molecule has 0 radical (unpaired) electrons. The molecule has 0 bridgehead atoms. The average Bonchev–Trinajstić information content (AvgIpc) is 2.98. The highest BCUT2D eigenvalue weighted by Crippen LogP contribution is 2.33. The van der Waals surface area contributed by atoms with Crippen molar-refractivity contribution in [2.24, 2.45) is 5.41 Å². The summed E-state index contributed by atoms with van der Waals surface area (Å²) in [5.41, 5.74) is -0.471. The molecular formula is C20H19F4N3O. The first-order valence-electron chi connectivity index (χ1n) is 8.59. The summed E-state index contributed by atoms with van der Waals surface area (Å²) in [7, 11) is 0. The molecule has 148 valence electrons. The van der Waals surface area contributed by atoms with E-state index in [-0.39, 0.29) is 5.69 Å². The molecule has 1 amide bonds. The Hall–Kier alpha value is -2.90. The van der Waals surface area contributed by atoms with Gasteiger partial charge in [0, 0.05) is 11.8 Å². The van der Waals surface area contributed by atoms with E-state index in [9.17, 15) is 22.4 Å². The monoisotopic (exact) mass is 393 g/mol. The molecule has 0 unspecified atom stereocenters. The molecule has 4 nitrogen and oxygen atoms in total. The van der Waals surface area contributed by atoms with Crippen molar-refractivity contribution in [2.45, 2.75) is 33.0 Å². The lowest BCUT2D eigenvalue weighted by atomic mass is 9.86. The molecule has 0 aliphatic rings. The van der Waals surface area contributed by atoms with Crippen LogP contribution in [-0.2, 0) is 0 Å². The van der Waals surface area contributed by atoms with Crippen LogP contribution in [0.15, 0.2) is 48.7 Å². The Balaban J connectivity index is 2.06. The number of carbonyl (C=O) groups excluding carboxylic acids is 1. The Morgan fingerprint density at radius 2 is 1.71 bits per heavy atom. The van der Waals surface area contributed by atoms with Crippen LogP contribution in [0.1, 0.15) is 31.3 Å². The number of rotatable bonds is 3. The highest BCUT2D eigenvalue weighted by molar-refractivity contribution is 6.00. The Bertz CT molecular complexity index is 987. The van der Waals surface area contributed by atoms with E-state index in [1.165, 1.54) is 45.0 Å². The van der Waals surface area contributed by atoms with E-state index >= 15 is 0 Å². The van der Waals surface area contributed by atoms with Crippen molar-refractivity contribution < 1.29 is 22.4 Å². The summed E-state index contributed by atoms with van der Waals surface area (Å²) in [5, 5.41) is 2.08. The number of aromatic nitrogens is 2. The zero-order valence-electron chi connectivity index (χ0n) is 15.5. The molecule has 3 aromatic rings. The molecule has 1 N–H and O–H groups in total. The normalized spacial score (nSPS) is 13.5. The lowest BCUT2D eigenvalue weighted by molar-refractivity contribution is -0.174. The molecular weight excluding hydrogens is 374 g/mol. The van der Waals surface area contributed by atoms with E-state index in [1.54, 1.807) is 28.8 Å². The minimum Gasteiger partial charge on any atom is -0.338 e. The molecule has 2 heterocycles. The van der Waals surface area contributed by atoms with Gasteiger partial charge in [0.15, 0.2) is 5.69 Å². The smallest absolute Gasteiger partial charge is 0.338 e. The van der Waals surface area contributed by atoms with Crippen LogP contribution < -0.4 is 5.32 Å². The Morgan fingerprint density at radius 3 is 2.29 bits per heavy atom. The van der Waals surface area contributed by atoms with Crippen LogP contribution in [0.5, 0.6) is 0 Å². The fourth-order valence-corrected chi connectivity index (χ4v) is 3.00. The number of imidazole rings is 1. The number of hydrogen-bond donors (Lipinski definition) is 1. The van der Waals surface area contributed by atoms with Crippen molar-refractivity contribution in [3.05, 3.63) is 60.2 Å². The minimum absolute atomic E-state index is 0.126. The standard InChI is InChI=1S/C20H19F4N3O/c1-19(2,3)18(20(22,23)24)26-17(28)15-14-6-4-5-11-27(14)16(25-15)12-7-9-13(21)10-8-12/h4-11,18H,1-3H3,(H,26,28)/t18-/m1/s1. The van der Waals surface area contributed by atoms with Crippen LogP contribution in [0.25, 0.3) is 16.9 Å². The van der Waals surface area contributed by atoms with E-state index in [2.05, 4.69) is 10.3 Å². The fraction of sp³-hybridized carbons (Fsp3) is 0.300. The lowest BCUT2D eigenvalue weighted by Gasteiger charge is -2.32. The predicted octanol–water partition coefficient (Wildman–Crippen LogP) is 4.85. The number of nitrogens with one attached hydrogen (secondary N) is 1. The van der Waals surface area contributed by atoms with Crippen molar-refractivity contribution in [3.63, 3.8) is 0 Å². The number of carbonyl (C=O) groups is 1. The van der Waals surface area contributed by atoms with Gasteiger partial charge in [-0.15, -0.1) is 0 Å². The number of halogens is 4. The maximum Gasteiger partial charge on any atom is 0.409 e. The summed E-state index contributed by atoms with van der Waals surface area (Å²) in [4.78, 5) is 17.0. The molecule has 28 heavy (non-hydrogen) atoms. The number of hydrogen-bond acceptors (Lipinski definition) is 2. The summed E-state index contributed by atoms with van der Waals surface area (Å²) >= 11 is 0. The second-order valence-electron chi connectivity index (χ2n) is 7.56. The molecule has 0 saturated carbocycles. The van der Waals surface area contributed by atoms with Crippen LogP contribution >= 0.6 is 0 Å². The van der Waals surface area contributed by atoms with Crippen molar-refractivity contribution in [1.29, 1.82) is 0 Å². The van der Waals surface area contributed by atoms with Gasteiger partial charge in [0.1, 0.15) is 17.7 Å². The van der Waals surface area contributed by atoms with Gasteiger partial charge in [-0.1, -0.05) is 26.8 Å². The van der Waals surface area contributed by atoms with Crippen LogP contribution in [0.4, 0.5) is 17.6 Å². The van der Waals surface area contributed by atoms with Gasteiger partial charge in [0.2, 0.25) is 0 Å². The van der Waals surface area contributed by atoms with Gasteiger partial charge in [-0.2, -0.15) is 13.2 Å². The molecule has 0 fully saturated rings. The van der Waals surface area contributed by atoms with E-state index in [0.717, 1.165) is 0 Å². The predicted molar refractivity (Wildman–Crippen MR) is 97.4 cm³/mol. The maximum absolute atomic E-state index is 13.4. The second-order valence-corrected chi connectivity index (χ2v) is 7.56. The SMILES string of the molecule is CC(C)(C)[C@@H](NC(=O)c1nc(-c2ccc(F)cc2)n2ccccc12)C(F)(F)F. The summed E-state index contributed by atoms with van der Waals surface area (Å²) in [6.07, 6.45) is -2.97. The van der Waals surface area contributed by atoms with Crippen LogP contribution in [0, 0.1) is 11.2 Å². The molecule has 8 heteroatoms. The van der Waals surface area contributed by atoms with Crippen molar-refractivity contribution in [3.8, 4) is 11.4 Å². The molecule has 2 aromatic heterocycles. The number of pyridine rings is 1. The average molecular weight is 393 g/mol. The van der Waals surface area contributed by atoms with Crippen LogP contribution in [0.3, 0.4) is 0 Å². The second kappa shape index (κ2) is 6.92. The van der Waals surface area contributed by atoms with Crippen LogP contribution in [-0.4, -0.2) is 27.5 Å². The first kappa shape index (κ1) is 19.9. The van der Waals surface area contributed by atoms with Gasteiger partial charge in [-0.05, 0) is 41.8 Å². The number of alkyl halides is 3. The quantitative estimate of drug-likeness (QED) is 0.647. The van der Waals surface area contributed by atoms with Gasteiger partial charge in [-0.25, -0.2) is 9.37 Å².